The third-order valence-electron chi connectivity index (χ3n) is 2.56. The molecule has 1 aliphatic carbocycles. The minimum Gasteiger partial charge on any atom is -0.380 e. The Hall–Kier alpha value is -0.0800. The molecule has 0 spiro atoms. The Kier molecular flexibility index (Phi) is 3.34. The Labute approximate surface area is 69.1 Å². The van der Waals surface area contributed by atoms with Gasteiger partial charge < -0.3 is 10.5 Å². The monoisotopic (exact) mass is 157 g/mol. The Balaban J connectivity index is 2.11. The summed E-state index contributed by atoms with van der Waals surface area (Å²) in [5, 5.41) is 0. The van der Waals surface area contributed by atoms with Crippen molar-refractivity contribution >= 4 is 0 Å². The number of hydrogen-bond donors (Lipinski definition) is 1. The molecule has 0 amide bonds. The first-order valence-electron chi connectivity index (χ1n) is 4.59. The lowest BCUT2D eigenvalue weighted by molar-refractivity contribution is 0.115. The normalized spacial score (nSPS) is 23.2. The highest BCUT2D eigenvalue weighted by Gasteiger charge is 2.31. The van der Waals surface area contributed by atoms with Crippen molar-refractivity contribution in [3.8, 4) is 0 Å². The van der Waals surface area contributed by atoms with Gasteiger partial charge in [-0.1, -0.05) is 6.92 Å². The summed E-state index contributed by atoms with van der Waals surface area (Å²) in [5.41, 5.74) is 5.92. The predicted molar refractivity (Wildman–Crippen MR) is 46.4 cm³/mol. The topological polar surface area (TPSA) is 35.2 Å². The van der Waals surface area contributed by atoms with Crippen LogP contribution in [0.5, 0.6) is 0 Å². The van der Waals surface area contributed by atoms with Gasteiger partial charge in [-0.3, -0.25) is 0 Å². The fourth-order valence-electron chi connectivity index (χ4n) is 1.38. The Morgan fingerprint density at radius 3 is 2.64 bits per heavy atom. The summed E-state index contributed by atoms with van der Waals surface area (Å²) < 4.78 is 5.27. The van der Waals surface area contributed by atoms with Gasteiger partial charge in [-0.2, -0.15) is 0 Å². The van der Waals surface area contributed by atoms with Gasteiger partial charge in [-0.15, -0.1) is 0 Å². The molecule has 0 aromatic heterocycles. The highest BCUT2D eigenvalue weighted by atomic mass is 16.5. The van der Waals surface area contributed by atoms with E-state index in [-0.39, 0.29) is 6.04 Å². The van der Waals surface area contributed by atoms with Gasteiger partial charge in [0.25, 0.3) is 0 Å². The molecule has 1 rings (SSSR count). The van der Waals surface area contributed by atoms with Gasteiger partial charge in [-0.25, -0.2) is 0 Å². The predicted octanol–water partition coefficient (Wildman–Crippen LogP) is 1.40. The Morgan fingerprint density at radius 1 is 1.55 bits per heavy atom. The van der Waals surface area contributed by atoms with Crippen molar-refractivity contribution in [2.75, 3.05) is 13.2 Å². The fourth-order valence-corrected chi connectivity index (χ4v) is 1.38. The van der Waals surface area contributed by atoms with E-state index in [0.29, 0.717) is 5.92 Å². The quantitative estimate of drug-likeness (QED) is 0.654. The molecule has 0 heterocycles. The van der Waals surface area contributed by atoms with Gasteiger partial charge in [0.15, 0.2) is 0 Å². The lowest BCUT2D eigenvalue weighted by Crippen LogP contribution is -2.34. The van der Waals surface area contributed by atoms with Crippen molar-refractivity contribution in [1.29, 1.82) is 0 Å². The van der Waals surface area contributed by atoms with E-state index in [4.69, 9.17) is 10.5 Å². The van der Waals surface area contributed by atoms with Crippen molar-refractivity contribution in [3.63, 3.8) is 0 Å². The van der Waals surface area contributed by atoms with Crippen LogP contribution in [0.1, 0.15) is 26.7 Å². The van der Waals surface area contributed by atoms with Crippen molar-refractivity contribution < 1.29 is 4.74 Å². The van der Waals surface area contributed by atoms with Crippen LogP contribution in [0.15, 0.2) is 0 Å². The molecule has 2 N–H and O–H groups in total. The van der Waals surface area contributed by atoms with Crippen LogP contribution in [-0.4, -0.2) is 19.3 Å². The second-order valence-electron chi connectivity index (χ2n) is 3.52. The summed E-state index contributed by atoms with van der Waals surface area (Å²) >= 11 is 0. The number of nitrogens with two attached hydrogens (primary N) is 1. The third-order valence-corrected chi connectivity index (χ3v) is 2.56. The number of ether oxygens (including phenoxy) is 1. The molecular formula is C9H19NO. The van der Waals surface area contributed by atoms with Crippen LogP contribution in [0.3, 0.4) is 0 Å². The first-order valence-corrected chi connectivity index (χ1v) is 4.59. The summed E-state index contributed by atoms with van der Waals surface area (Å²) in [5.74, 6) is 1.55. The first kappa shape index (κ1) is 9.01. The zero-order chi connectivity index (χ0) is 8.27. The van der Waals surface area contributed by atoms with E-state index in [1.54, 1.807) is 0 Å². The highest BCUT2D eigenvalue weighted by Crippen LogP contribution is 2.37. The van der Waals surface area contributed by atoms with E-state index in [1.807, 2.05) is 6.92 Å². The number of rotatable bonds is 5. The largest absolute Gasteiger partial charge is 0.380 e. The van der Waals surface area contributed by atoms with E-state index in [1.165, 1.54) is 12.8 Å². The molecule has 0 radical (unpaired) electrons. The van der Waals surface area contributed by atoms with Gasteiger partial charge in [-0.05, 0) is 31.6 Å². The Bertz CT molecular complexity index is 112. The van der Waals surface area contributed by atoms with Crippen LogP contribution in [0.2, 0.25) is 0 Å². The molecule has 2 atom stereocenters. The molecule has 1 aliphatic rings. The molecule has 66 valence electrons. The standard InChI is InChI=1S/C9H19NO/c1-3-11-6-9(10)7(2)8-4-5-8/h7-9H,3-6,10H2,1-2H3. The average Bonchev–Trinajstić information content (AvgIpc) is 2.81. The van der Waals surface area contributed by atoms with E-state index < -0.39 is 0 Å². The lowest BCUT2D eigenvalue weighted by Gasteiger charge is -2.18. The molecule has 1 fully saturated rings. The second-order valence-corrected chi connectivity index (χ2v) is 3.52. The molecule has 0 aromatic carbocycles. The maximum Gasteiger partial charge on any atom is 0.0620 e. The van der Waals surface area contributed by atoms with Crippen LogP contribution >= 0.6 is 0 Å². The van der Waals surface area contributed by atoms with Crippen LogP contribution in [0.4, 0.5) is 0 Å². The van der Waals surface area contributed by atoms with Crippen LogP contribution in [0, 0.1) is 11.8 Å². The zero-order valence-electron chi connectivity index (χ0n) is 7.55. The van der Waals surface area contributed by atoms with Crippen LogP contribution < -0.4 is 5.73 Å². The van der Waals surface area contributed by atoms with Crippen molar-refractivity contribution in [3.05, 3.63) is 0 Å². The smallest absolute Gasteiger partial charge is 0.0620 e. The highest BCUT2D eigenvalue weighted by molar-refractivity contribution is 4.84. The molecule has 2 heteroatoms. The van der Waals surface area contributed by atoms with E-state index in [0.717, 1.165) is 19.1 Å². The second kappa shape index (κ2) is 4.07. The molecule has 2 nitrogen and oxygen atoms in total. The van der Waals surface area contributed by atoms with Gasteiger partial charge >= 0.3 is 0 Å². The summed E-state index contributed by atoms with van der Waals surface area (Å²) in [4.78, 5) is 0. The molecule has 0 aliphatic heterocycles. The molecule has 0 aromatic rings. The van der Waals surface area contributed by atoms with Crippen molar-refractivity contribution in [2.24, 2.45) is 17.6 Å². The van der Waals surface area contributed by atoms with Crippen LogP contribution in [0.25, 0.3) is 0 Å². The molecule has 1 saturated carbocycles. The summed E-state index contributed by atoms with van der Waals surface area (Å²) in [6.45, 7) is 5.76. The fraction of sp³-hybridized carbons (Fsp3) is 1.00. The van der Waals surface area contributed by atoms with Crippen LogP contribution in [-0.2, 0) is 4.74 Å². The molecule has 0 bridgehead atoms. The lowest BCUT2D eigenvalue weighted by atomic mass is 9.98. The van der Waals surface area contributed by atoms with Crippen molar-refractivity contribution in [2.45, 2.75) is 32.7 Å². The van der Waals surface area contributed by atoms with E-state index in [9.17, 15) is 0 Å². The molecule has 11 heavy (non-hydrogen) atoms. The third kappa shape index (κ3) is 2.80. The van der Waals surface area contributed by atoms with Crippen molar-refractivity contribution in [1.82, 2.24) is 0 Å². The Morgan fingerprint density at radius 2 is 2.18 bits per heavy atom. The van der Waals surface area contributed by atoms with Gasteiger partial charge in [0.2, 0.25) is 0 Å². The first-order chi connectivity index (χ1) is 5.25. The summed E-state index contributed by atoms with van der Waals surface area (Å²) in [7, 11) is 0. The minimum absolute atomic E-state index is 0.252. The maximum atomic E-state index is 5.92. The minimum atomic E-state index is 0.252. The average molecular weight is 157 g/mol. The zero-order valence-corrected chi connectivity index (χ0v) is 7.55. The maximum absolute atomic E-state index is 5.92. The van der Waals surface area contributed by atoms with E-state index >= 15 is 0 Å². The molecule has 0 saturated heterocycles. The van der Waals surface area contributed by atoms with Gasteiger partial charge in [0.05, 0.1) is 6.61 Å². The summed E-state index contributed by atoms with van der Waals surface area (Å²) in [6.07, 6.45) is 2.75. The van der Waals surface area contributed by atoms with Gasteiger partial charge in [0.1, 0.15) is 0 Å². The summed E-state index contributed by atoms with van der Waals surface area (Å²) in [6, 6.07) is 0.252. The molecule has 2 unspecified atom stereocenters. The van der Waals surface area contributed by atoms with Gasteiger partial charge in [0, 0.05) is 12.6 Å². The molecular weight excluding hydrogens is 138 g/mol. The van der Waals surface area contributed by atoms with E-state index in [2.05, 4.69) is 6.92 Å². The SMILES string of the molecule is CCOCC(N)C(C)C1CC1. The number of hydrogen-bond acceptors (Lipinski definition) is 2.